The molecule has 1 amide bonds. The number of nitrogens with one attached hydrogen (secondary N) is 1. The summed E-state index contributed by atoms with van der Waals surface area (Å²) >= 11 is 5.99. The quantitative estimate of drug-likeness (QED) is 0.282. The fourth-order valence-electron chi connectivity index (χ4n) is 4.30. The highest BCUT2D eigenvalue weighted by Crippen LogP contribution is 2.31. The van der Waals surface area contributed by atoms with Crippen molar-refractivity contribution in [3.8, 4) is 5.75 Å². The number of carbonyl (C=O) groups excluding carboxylic acids is 3. The number of hydrogen-bond donors (Lipinski definition) is 1. The van der Waals surface area contributed by atoms with Crippen LogP contribution in [0.25, 0.3) is 10.9 Å². The van der Waals surface area contributed by atoms with E-state index in [2.05, 4.69) is 12.2 Å². The van der Waals surface area contributed by atoms with Crippen LogP contribution in [0.1, 0.15) is 41.0 Å². The highest BCUT2D eigenvalue weighted by molar-refractivity contribution is 6.30. The van der Waals surface area contributed by atoms with Crippen LogP contribution in [0.5, 0.6) is 5.75 Å². The minimum absolute atomic E-state index is 0.126. The van der Waals surface area contributed by atoms with Gasteiger partial charge in [0.15, 0.2) is 6.10 Å². The Labute approximate surface area is 226 Å². The van der Waals surface area contributed by atoms with Crippen molar-refractivity contribution >= 4 is 46.0 Å². The van der Waals surface area contributed by atoms with E-state index >= 15 is 0 Å². The Morgan fingerprint density at radius 2 is 1.68 bits per heavy atom. The largest absolute Gasteiger partial charge is 0.497 e. The van der Waals surface area contributed by atoms with Crippen molar-refractivity contribution in [2.24, 2.45) is 0 Å². The van der Waals surface area contributed by atoms with E-state index in [1.807, 2.05) is 24.3 Å². The van der Waals surface area contributed by atoms with E-state index in [-0.39, 0.29) is 12.3 Å². The van der Waals surface area contributed by atoms with Crippen molar-refractivity contribution in [3.05, 3.63) is 94.1 Å². The molecule has 1 atom stereocenters. The molecule has 0 saturated heterocycles. The van der Waals surface area contributed by atoms with Gasteiger partial charge in [0.05, 0.1) is 19.0 Å². The van der Waals surface area contributed by atoms with Crippen LogP contribution < -0.4 is 10.1 Å². The van der Waals surface area contributed by atoms with Gasteiger partial charge in [-0.25, -0.2) is 0 Å². The molecule has 196 valence electrons. The molecule has 0 aliphatic heterocycles. The average Bonchev–Trinajstić information content (AvgIpc) is 3.19. The van der Waals surface area contributed by atoms with Crippen LogP contribution in [0.4, 0.5) is 5.69 Å². The van der Waals surface area contributed by atoms with Crippen LogP contribution in [0.15, 0.2) is 66.7 Å². The van der Waals surface area contributed by atoms with Crippen LogP contribution in [0.3, 0.4) is 0 Å². The predicted molar refractivity (Wildman–Crippen MR) is 148 cm³/mol. The van der Waals surface area contributed by atoms with E-state index in [1.54, 1.807) is 61.1 Å². The lowest BCUT2D eigenvalue weighted by Crippen LogP contribution is -2.30. The Balaban J connectivity index is 1.57. The number of methoxy groups -OCH3 is 1. The number of nitrogens with zero attached hydrogens (tertiary/aromatic N) is 1. The van der Waals surface area contributed by atoms with Crippen molar-refractivity contribution in [1.82, 2.24) is 4.57 Å². The van der Waals surface area contributed by atoms with Crippen LogP contribution in [0.2, 0.25) is 5.02 Å². The lowest BCUT2D eigenvalue weighted by atomic mass is 10.1. The Hall–Kier alpha value is -4.10. The molecule has 0 spiro atoms. The molecular formula is C30H29ClN2O5. The van der Waals surface area contributed by atoms with Gasteiger partial charge < -0.3 is 14.8 Å². The fraction of sp³-hybridized carbons (Fsp3) is 0.233. The second-order valence-corrected chi connectivity index (χ2v) is 9.38. The number of esters is 1. The summed E-state index contributed by atoms with van der Waals surface area (Å²) < 4.78 is 12.4. The molecule has 1 unspecified atom stereocenters. The summed E-state index contributed by atoms with van der Waals surface area (Å²) in [7, 11) is 1.55. The first-order valence-corrected chi connectivity index (χ1v) is 12.7. The summed E-state index contributed by atoms with van der Waals surface area (Å²) in [5, 5.41) is 3.99. The first-order valence-electron chi connectivity index (χ1n) is 12.3. The second kappa shape index (κ2) is 11.5. The Morgan fingerprint density at radius 3 is 2.32 bits per heavy atom. The standard InChI is InChI=1S/C30H29ClN2O5/c1-5-20-6-12-23(13-7-20)32-29(35)19(3)38-28(34)17-25-18(2)33(27-15-14-24(37-4)16-26(25)27)30(36)21-8-10-22(31)11-9-21/h6-16,19H,5,17H2,1-4H3,(H,32,35). The maximum atomic E-state index is 13.4. The minimum atomic E-state index is -1.01. The predicted octanol–water partition coefficient (Wildman–Crippen LogP) is 5.98. The van der Waals surface area contributed by atoms with Gasteiger partial charge in [-0.15, -0.1) is 0 Å². The first kappa shape index (κ1) is 26.9. The maximum Gasteiger partial charge on any atom is 0.311 e. The smallest absolute Gasteiger partial charge is 0.311 e. The number of aryl methyl sites for hydroxylation is 1. The molecule has 4 rings (SSSR count). The van der Waals surface area contributed by atoms with E-state index in [9.17, 15) is 14.4 Å². The van der Waals surface area contributed by atoms with E-state index in [1.165, 1.54) is 6.92 Å². The van der Waals surface area contributed by atoms with Crippen molar-refractivity contribution in [1.29, 1.82) is 0 Å². The van der Waals surface area contributed by atoms with Crippen LogP contribution in [0, 0.1) is 6.92 Å². The summed E-state index contributed by atoms with van der Waals surface area (Å²) in [6.07, 6.45) is -0.235. The molecule has 8 heteroatoms. The molecule has 1 aromatic heterocycles. The Kier molecular flexibility index (Phi) is 8.17. The van der Waals surface area contributed by atoms with Gasteiger partial charge in [-0.05, 0) is 86.0 Å². The third-order valence-electron chi connectivity index (χ3n) is 6.46. The van der Waals surface area contributed by atoms with E-state index in [4.69, 9.17) is 21.1 Å². The molecule has 0 saturated carbocycles. The van der Waals surface area contributed by atoms with Gasteiger partial charge in [-0.2, -0.15) is 0 Å². The molecule has 38 heavy (non-hydrogen) atoms. The Bertz CT molecular complexity index is 1490. The number of rotatable bonds is 8. The topological polar surface area (TPSA) is 86.6 Å². The zero-order valence-corrected chi connectivity index (χ0v) is 22.5. The van der Waals surface area contributed by atoms with Gasteiger partial charge in [-0.3, -0.25) is 19.0 Å². The van der Waals surface area contributed by atoms with E-state index < -0.39 is 18.0 Å². The normalized spacial score (nSPS) is 11.7. The molecule has 1 N–H and O–H groups in total. The van der Waals surface area contributed by atoms with Gasteiger partial charge in [0.1, 0.15) is 5.75 Å². The number of anilines is 1. The molecule has 3 aromatic carbocycles. The van der Waals surface area contributed by atoms with Crippen molar-refractivity contribution in [2.45, 2.75) is 39.7 Å². The summed E-state index contributed by atoms with van der Waals surface area (Å²) in [5.41, 5.74) is 4.08. The SMILES string of the molecule is CCc1ccc(NC(=O)C(C)OC(=O)Cc2c(C)n(C(=O)c3ccc(Cl)cc3)c3ccc(OC)cc23)cc1. The van der Waals surface area contributed by atoms with E-state index in [0.29, 0.717) is 44.2 Å². The summed E-state index contributed by atoms with van der Waals surface area (Å²) in [4.78, 5) is 39.0. The van der Waals surface area contributed by atoms with Crippen molar-refractivity contribution in [3.63, 3.8) is 0 Å². The third-order valence-corrected chi connectivity index (χ3v) is 6.72. The molecule has 1 heterocycles. The van der Waals surface area contributed by atoms with Gasteiger partial charge in [-0.1, -0.05) is 30.7 Å². The maximum absolute atomic E-state index is 13.4. The van der Waals surface area contributed by atoms with Gasteiger partial charge >= 0.3 is 5.97 Å². The lowest BCUT2D eigenvalue weighted by molar-refractivity contribution is -0.152. The molecule has 0 radical (unpaired) electrons. The highest BCUT2D eigenvalue weighted by atomic mass is 35.5. The molecule has 0 fully saturated rings. The highest BCUT2D eigenvalue weighted by Gasteiger charge is 2.24. The van der Waals surface area contributed by atoms with E-state index in [0.717, 1.165) is 12.0 Å². The van der Waals surface area contributed by atoms with Crippen LogP contribution >= 0.6 is 11.6 Å². The van der Waals surface area contributed by atoms with Crippen molar-refractivity contribution in [2.75, 3.05) is 12.4 Å². The third kappa shape index (κ3) is 5.73. The molecule has 7 nitrogen and oxygen atoms in total. The number of halogens is 1. The lowest BCUT2D eigenvalue weighted by Gasteiger charge is -2.14. The van der Waals surface area contributed by atoms with Gasteiger partial charge in [0, 0.05) is 27.4 Å². The zero-order valence-electron chi connectivity index (χ0n) is 21.7. The second-order valence-electron chi connectivity index (χ2n) is 8.94. The summed E-state index contributed by atoms with van der Waals surface area (Å²) in [5.74, 6) is -0.680. The van der Waals surface area contributed by atoms with Gasteiger partial charge in [0.25, 0.3) is 11.8 Å². The monoisotopic (exact) mass is 532 g/mol. The number of fused-ring (bicyclic) bond motifs is 1. The number of carbonyl (C=O) groups is 3. The number of ether oxygens (including phenoxy) is 2. The fourth-order valence-corrected chi connectivity index (χ4v) is 4.43. The minimum Gasteiger partial charge on any atom is -0.497 e. The molecule has 0 aliphatic rings. The number of hydrogen-bond acceptors (Lipinski definition) is 5. The van der Waals surface area contributed by atoms with Gasteiger partial charge in [0.2, 0.25) is 0 Å². The Morgan fingerprint density at radius 1 is 1.00 bits per heavy atom. The molecule has 0 bridgehead atoms. The zero-order chi connectivity index (χ0) is 27.4. The average molecular weight is 533 g/mol. The van der Waals surface area contributed by atoms with Crippen LogP contribution in [-0.2, 0) is 27.2 Å². The first-order chi connectivity index (χ1) is 18.2. The number of amides is 1. The molecule has 4 aromatic rings. The molecular weight excluding hydrogens is 504 g/mol. The van der Waals surface area contributed by atoms with Crippen molar-refractivity contribution < 1.29 is 23.9 Å². The molecule has 0 aliphatic carbocycles. The number of benzene rings is 3. The van der Waals surface area contributed by atoms with Crippen LogP contribution in [-0.4, -0.2) is 35.6 Å². The number of aromatic nitrogens is 1. The summed E-state index contributed by atoms with van der Waals surface area (Å²) in [6.45, 7) is 5.35. The summed E-state index contributed by atoms with van der Waals surface area (Å²) in [6, 6.07) is 19.4.